The van der Waals surface area contributed by atoms with Crippen LogP contribution in [-0.2, 0) is 47.5 Å². The van der Waals surface area contributed by atoms with E-state index in [0.29, 0.717) is 0 Å². The molecule has 1 aromatic heterocycles. The highest BCUT2D eigenvalue weighted by Gasteiger charge is 2.78. The molecule has 2 heterocycles. The third kappa shape index (κ3) is 7.97. The van der Waals surface area contributed by atoms with Crippen molar-refractivity contribution in [3.63, 3.8) is 0 Å². The zero-order chi connectivity index (χ0) is 45.7. The number of hydrogen-bond acceptors (Lipinski definition) is 17. The fourth-order valence-corrected chi connectivity index (χ4v) is 9.61. The lowest BCUT2D eigenvalue weighted by Gasteiger charge is -2.67. The molecule has 18 nitrogen and oxygen atoms in total. The van der Waals surface area contributed by atoms with Crippen LogP contribution in [0.4, 0.5) is 9.59 Å². The van der Waals surface area contributed by atoms with Crippen molar-refractivity contribution >= 4 is 35.9 Å². The average molecular weight is 870 g/mol. The van der Waals surface area contributed by atoms with E-state index in [-0.39, 0.29) is 35.5 Å². The van der Waals surface area contributed by atoms with Crippen LogP contribution < -0.4 is 5.32 Å². The number of fused-ring (bicyclic) bond motifs is 5. The molecule has 4 aliphatic rings. The molecule has 2 unspecified atom stereocenters. The number of hydrogen-bond donors (Lipinski definition) is 4. The molecule has 2 bridgehead atoms. The largest absolute Gasteiger partial charge is 0.509 e. The third-order valence-corrected chi connectivity index (χ3v) is 12.7. The van der Waals surface area contributed by atoms with Crippen LogP contribution in [0.25, 0.3) is 0 Å². The Hall–Kier alpha value is -5.30. The van der Waals surface area contributed by atoms with Crippen molar-refractivity contribution in [2.75, 3.05) is 13.2 Å². The molecule has 338 valence electrons. The Morgan fingerprint density at radius 3 is 2.24 bits per heavy atom. The van der Waals surface area contributed by atoms with Gasteiger partial charge in [0.25, 0.3) is 0 Å². The number of amides is 1. The van der Waals surface area contributed by atoms with Crippen molar-refractivity contribution in [1.82, 2.24) is 5.32 Å². The van der Waals surface area contributed by atoms with Crippen molar-refractivity contribution in [2.45, 2.75) is 135 Å². The number of aliphatic hydroxyl groups is 3. The quantitative estimate of drug-likeness (QED) is 0.149. The van der Waals surface area contributed by atoms with Crippen LogP contribution >= 0.6 is 0 Å². The second-order valence-corrected chi connectivity index (χ2v) is 18.0. The summed E-state index contributed by atoms with van der Waals surface area (Å²) in [4.78, 5) is 83.2. The fourth-order valence-electron chi connectivity index (χ4n) is 9.61. The van der Waals surface area contributed by atoms with E-state index in [2.05, 4.69) is 5.32 Å². The first-order chi connectivity index (χ1) is 28.9. The molecule has 1 amide bonds. The maximum atomic E-state index is 15.5. The van der Waals surface area contributed by atoms with Crippen molar-refractivity contribution < 1.29 is 81.7 Å². The summed E-state index contributed by atoms with van der Waals surface area (Å²) in [7, 11) is 0. The van der Waals surface area contributed by atoms with E-state index in [1.165, 1.54) is 58.2 Å². The van der Waals surface area contributed by atoms with Gasteiger partial charge in [0.15, 0.2) is 23.6 Å². The molecule has 11 atom stereocenters. The highest BCUT2D eigenvalue weighted by Crippen LogP contribution is 2.64. The summed E-state index contributed by atoms with van der Waals surface area (Å²) in [6.07, 6.45) is -12.0. The van der Waals surface area contributed by atoms with Crippen LogP contribution in [0.1, 0.15) is 97.3 Å². The maximum Gasteiger partial charge on any atom is 0.509 e. The van der Waals surface area contributed by atoms with E-state index in [4.69, 9.17) is 37.6 Å². The Morgan fingerprint density at radius 1 is 1.00 bits per heavy atom. The van der Waals surface area contributed by atoms with E-state index in [0.717, 1.165) is 6.92 Å². The predicted octanol–water partition coefficient (Wildman–Crippen LogP) is 4.03. The number of ketones is 1. The molecular formula is C44H55NO17. The number of rotatable bonds is 10. The number of furan rings is 1. The molecule has 18 heteroatoms. The number of carbonyl (C=O) groups is 6. The molecule has 0 radical (unpaired) electrons. The predicted molar refractivity (Wildman–Crippen MR) is 212 cm³/mol. The molecule has 62 heavy (non-hydrogen) atoms. The summed E-state index contributed by atoms with van der Waals surface area (Å²) < 4.78 is 46.1. The highest BCUT2D eigenvalue weighted by molar-refractivity contribution is 5.95. The second kappa shape index (κ2) is 16.8. The number of nitrogens with one attached hydrogen (secondary N) is 1. The molecule has 1 saturated heterocycles. The van der Waals surface area contributed by atoms with Gasteiger partial charge in [0.1, 0.15) is 41.3 Å². The number of carbonyl (C=O) groups excluding carboxylic acids is 6. The van der Waals surface area contributed by atoms with Gasteiger partial charge in [-0.2, -0.15) is 0 Å². The van der Waals surface area contributed by atoms with Crippen LogP contribution in [0.3, 0.4) is 0 Å². The Bertz CT molecular complexity index is 2090. The van der Waals surface area contributed by atoms with Gasteiger partial charge in [-0.05, 0) is 77.0 Å². The van der Waals surface area contributed by atoms with Gasteiger partial charge in [-0.25, -0.2) is 19.2 Å². The van der Waals surface area contributed by atoms with Crippen molar-refractivity contribution in [2.24, 2.45) is 16.7 Å². The van der Waals surface area contributed by atoms with E-state index in [9.17, 15) is 39.3 Å². The molecular weight excluding hydrogens is 814 g/mol. The van der Waals surface area contributed by atoms with E-state index < -0.39 is 125 Å². The minimum absolute atomic E-state index is 0.0372. The SMILES string of the molecule is CCOC(=O)O[C@@]12CO[C@@H]1C[C@H](O)[C@@]1(C)C(=O)[C@H](OC(C)=O)C3=C(C)[C@@H](OC(=O)[C@H](O)C(NC(=O)OC(C)(C)C)c4ccco4)C[C@@](O)([C@@H](OC(=O)c4ccccc4)C12)C3(C)C. The van der Waals surface area contributed by atoms with Gasteiger partial charge in [-0.15, -0.1) is 0 Å². The molecule has 3 fully saturated rings. The monoisotopic (exact) mass is 869 g/mol. The Balaban J connectivity index is 1.54. The van der Waals surface area contributed by atoms with Crippen LogP contribution in [0.5, 0.6) is 0 Å². The average Bonchev–Trinajstić information content (AvgIpc) is 3.72. The number of ether oxygens (including phenoxy) is 7. The summed E-state index contributed by atoms with van der Waals surface area (Å²) in [5.41, 5.74) is -9.04. The first-order valence-electron chi connectivity index (χ1n) is 20.4. The fraction of sp³-hybridized carbons (Fsp3) is 0.591. The molecule has 2 aromatic rings. The first kappa shape index (κ1) is 46.2. The zero-order valence-corrected chi connectivity index (χ0v) is 36.1. The number of benzene rings is 1. The first-order valence-corrected chi connectivity index (χ1v) is 20.4. The lowest BCUT2D eigenvalue weighted by Crippen LogP contribution is -2.82. The summed E-state index contributed by atoms with van der Waals surface area (Å²) in [6.45, 7) is 12.9. The normalized spacial score (nSPS) is 32.2. The van der Waals surface area contributed by atoms with Crippen LogP contribution in [0.2, 0.25) is 0 Å². The third-order valence-electron chi connectivity index (χ3n) is 12.7. The highest BCUT2D eigenvalue weighted by atomic mass is 16.8. The van der Waals surface area contributed by atoms with Crippen molar-refractivity contribution in [1.29, 1.82) is 0 Å². The van der Waals surface area contributed by atoms with Crippen LogP contribution in [0.15, 0.2) is 64.3 Å². The van der Waals surface area contributed by atoms with Gasteiger partial charge in [-0.1, -0.05) is 32.0 Å². The van der Waals surface area contributed by atoms with E-state index in [1.54, 1.807) is 45.9 Å². The van der Waals surface area contributed by atoms with Crippen LogP contribution in [-0.4, -0.2) is 118 Å². The molecule has 6 rings (SSSR count). The van der Waals surface area contributed by atoms with E-state index in [1.807, 2.05) is 0 Å². The van der Waals surface area contributed by atoms with Gasteiger partial charge in [-0.3, -0.25) is 9.59 Å². The van der Waals surface area contributed by atoms with Gasteiger partial charge >= 0.3 is 30.2 Å². The number of esters is 3. The Labute approximate surface area is 358 Å². The number of Topliss-reactive ketones (excluding diaryl/α,β-unsaturated/α-hetero) is 1. The van der Waals surface area contributed by atoms with Crippen molar-refractivity contribution in [3.05, 3.63) is 71.2 Å². The van der Waals surface area contributed by atoms with Crippen LogP contribution in [0, 0.1) is 16.7 Å². The van der Waals surface area contributed by atoms with Gasteiger partial charge < -0.3 is 58.2 Å². The van der Waals surface area contributed by atoms with Gasteiger partial charge in [0.05, 0.1) is 42.5 Å². The molecule has 3 aliphatic carbocycles. The molecule has 0 spiro atoms. The summed E-state index contributed by atoms with van der Waals surface area (Å²) in [6, 6.07) is 9.05. The topological polar surface area (TPSA) is 253 Å². The smallest absolute Gasteiger partial charge is 0.467 e. The maximum absolute atomic E-state index is 15.5. The lowest BCUT2D eigenvalue weighted by molar-refractivity contribution is -0.344. The summed E-state index contributed by atoms with van der Waals surface area (Å²) >= 11 is 0. The molecule has 1 aliphatic heterocycles. The molecule has 2 saturated carbocycles. The lowest BCUT2D eigenvalue weighted by atomic mass is 9.44. The summed E-state index contributed by atoms with van der Waals surface area (Å²) in [5.74, 6) is -5.82. The second-order valence-electron chi connectivity index (χ2n) is 18.0. The minimum atomic E-state index is -2.45. The molecule has 4 N–H and O–H groups in total. The standard InChI is InChI=1S/C44H55NO17/c1-10-55-39(53)62-43-21-57-28(43)19-27(47)42(9)33(43)35(60-36(50)24-15-12-11-13-16-24)44(54)20-26(22(2)29(41(44,7)8)32(34(42)49)58-23(3)46)59-37(51)31(48)30(25-17-14-18-56-25)45-38(52)61-40(4,5)6/h11-18,26-28,30-33,35,47-48,54H,10,19-21H2,1-9H3,(H,45,52)/t26-,27-,28+,30?,31+,32+,33?,35-,42+,43-,44+/m0/s1. The van der Waals surface area contributed by atoms with E-state index >= 15 is 4.79 Å². The minimum Gasteiger partial charge on any atom is -0.467 e. The summed E-state index contributed by atoms with van der Waals surface area (Å²) in [5, 5.41) is 39.8. The Morgan fingerprint density at radius 2 is 1.68 bits per heavy atom. The number of alkyl carbamates (subject to hydrolysis) is 1. The molecule has 1 aromatic carbocycles. The zero-order valence-electron chi connectivity index (χ0n) is 36.1. The Kier molecular flexibility index (Phi) is 12.5. The number of aliphatic hydroxyl groups excluding tert-OH is 2. The van der Waals surface area contributed by atoms with Gasteiger partial charge in [0, 0.05) is 25.2 Å². The van der Waals surface area contributed by atoms with Gasteiger partial charge in [0.2, 0.25) is 0 Å². The van der Waals surface area contributed by atoms with Crippen molar-refractivity contribution in [3.8, 4) is 0 Å².